The Bertz CT molecular complexity index is 1310. The number of hydrogen-bond donors (Lipinski definition) is 2. The topological polar surface area (TPSA) is 91.2 Å². The molecular formula is C26H21BrClN3O3. The van der Waals surface area contributed by atoms with Crippen LogP contribution in [0.1, 0.15) is 16.7 Å². The molecule has 0 aliphatic carbocycles. The molecule has 0 saturated heterocycles. The van der Waals surface area contributed by atoms with Crippen LogP contribution in [0.5, 0.6) is 5.75 Å². The summed E-state index contributed by atoms with van der Waals surface area (Å²) in [6.07, 6.45) is 1.46. The Balaban J connectivity index is 1.64. The lowest BCUT2D eigenvalue weighted by molar-refractivity contribution is -0.118. The lowest BCUT2D eigenvalue weighted by Gasteiger charge is -2.11. The predicted molar refractivity (Wildman–Crippen MR) is 138 cm³/mol. The van der Waals surface area contributed by atoms with Gasteiger partial charge in [-0.25, -0.2) is 0 Å². The molecule has 0 radical (unpaired) electrons. The zero-order valence-electron chi connectivity index (χ0n) is 18.5. The van der Waals surface area contributed by atoms with Gasteiger partial charge in [-0.1, -0.05) is 35.9 Å². The molecule has 0 bridgehead atoms. The summed E-state index contributed by atoms with van der Waals surface area (Å²) in [5, 5.41) is 15.4. The second-order valence-corrected chi connectivity index (χ2v) is 8.77. The van der Waals surface area contributed by atoms with Crippen molar-refractivity contribution in [3.05, 3.63) is 92.4 Å². The van der Waals surface area contributed by atoms with Crippen LogP contribution in [0.3, 0.4) is 0 Å². The van der Waals surface area contributed by atoms with Crippen molar-refractivity contribution in [3.63, 3.8) is 0 Å². The van der Waals surface area contributed by atoms with Crippen LogP contribution in [0.2, 0.25) is 5.02 Å². The molecule has 8 heteroatoms. The van der Waals surface area contributed by atoms with Gasteiger partial charge in [0.15, 0.2) is 6.61 Å². The van der Waals surface area contributed by atoms with Gasteiger partial charge in [0.05, 0.1) is 4.47 Å². The maximum Gasteiger partial charge on any atom is 0.266 e. The molecule has 172 valence electrons. The number of carbonyl (C=O) groups excluding carboxylic acids is 2. The van der Waals surface area contributed by atoms with Crippen LogP contribution in [-0.4, -0.2) is 18.4 Å². The highest BCUT2D eigenvalue weighted by Gasteiger charge is 2.12. The quantitative estimate of drug-likeness (QED) is 0.273. The molecule has 2 amide bonds. The fraction of sp³-hybridized carbons (Fsp3) is 0.115. The lowest BCUT2D eigenvalue weighted by atomic mass is 10.1. The summed E-state index contributed by atoms with van der Waals surface area (Å²) in [5.74, 6) is -0.381. The van der Waals surface area contributed by atoms with Gasteiger partial charge in [-0.3, -0.25) is 9.59 Å². The number of amides is 2. The number of ether oxygens (including phenoxy) is 1. The maximum atomic E-state index is 12.5. The highest BCUT2D eigenvalue weighted by molar-refractivity contribution is 9.10. The van der Waals surface area contributed by atoms with E-state index in [0.29, 0.717) is 26.5 Å². The minimum atomic E-state index is -0.552. The smallest absolute Gasteiger partial charge is 0.266 e. The summed E-state index contributed by atoms with van der Waals surface area (Å²) in [6.45, 7) is 3.70. The van der Waals surface area contributed by atoms with Crippen molar-refractivity contribution in [1.82, 2.24) is 0 Å². The Kier molecular flexibility index (Phi) is 8.47. The molecule has 0 unspecified atom stereocenters. The van der Waals surface area contributed by atoms with Crippen LogP contribution >= 0.6 is 27.5 Å². The van der Waals surface area contributed by atoms with E-state index in [1.807, 2.05) is 38.1 Å². The zero-order valence-corrected chi connectivity index (χ0v) is 20.8. The first-order valence-electron chi connectivity index (χ1n) is 10.2. The third-order valence-corrected chi connectivity index (χ3v) is 5.60. The average molecular weight is 539 g/mol. The molecule has 3 aromatic carbocycles. The standard InChI is InChI=1S/C26H21BrClN3O3/c1-16-6-7-17(2)23(10-16)31-25(32)15-34-24-9-8-18(12-22(24)27)11-19(14-29)26(33)30-21-5-3-4-20(28)13-21/h3-13H,15H2,1-2H3,(H,30,33)(H,31,32)/b19-11-. The van der Waals surface area contributed by atoms with Gasteiger partial charge in [-0.2, -0.15) is 5.26 Å². The van der Waals surface area contributed by atoms with Gasteiger partial charge < -0.3 is 15.4 Å². The Labute approximate surface area is 211 Å². The number of aryl methyl sites for hydroxylation is 2. The molecule has 0 spiro atoms. The van der Waals surface area contributed by atoms with E-state index in [-0.39, 0.29) is 18.1 Å². The van der Waals surface area contributed by atoms with E-state index in [1.54, 1.807) is 42.5 Å². The van der Waals surface area contributed by atoms with Gasteiger partial charge in [0.25, 0.3) is 11.8 Å². The minimum absolute atomic E-state index is 0.0755. The Morgan fingerprint density at radius 3 is 2.59 bits per heavy atom. The van der Waals surface area contributed by atoms with Crippen LogP contribution in [0.15, 0.2) is 70.7 Å². The van der Waals surface area contributed by atoms with E-state index in [4.69, 9.17) is 16.3 Å². The molecule has 2 N–H and O–H groups in total. The number of nitrogens with one attached hydrogen (secondary N) is 2. The summed E-state index contributed by atoms with van der Waals surface area (Å²) in [4.78, 5) is 24.8. The van der Waals surface area contributed by atoms with Gasteiger partial charge >= 0.3 is 0 Å². The number of nitriles is 1. The fourth-order valence-corrected chi connectivity index (χ4v) is 3.71. The summed E-state index contributed by atoms with van der Waals surface area (Å²) >= 11 is 9.34. The number of anilines is 2. The van der Waals surface area contributed by atoms with Crippen molar-refractivity contribution >= 4 is 56.8 Å². The summed E-state index contributed by atoms with van der Waals surface area (Å²) in [5.41, 5.74) is 3.77. The number of carbonyl (C=O) groups is 2. The summed E-state index contributed by atoms with van der Waals surface area (Å²) in [7, 11) is 0. The molecule has 0 aromatic heterocycles. The van der Waals surface area contributed by atoms with Crippen LogP contribution in [0.4, 0.5) is 11.4 Å². The molecule has 6 nitrogen and oxygen atoms in total. The maximum absolute atomic E-state index is 12.5. The summed E-state index contributed by atoms with van der Waals surface area (Å²) in [6, 6.07) is 19.4. The molecule has 0 aliphatic heterocycles. The fourth-order valence-electron chi connectivity index (χ4n) is 3.00. The Morgan fingerprint density at radius 2 is 1.88 bits per heavy atom. The minimum Gasteiger partial charge on any atom is -0.483 e. The van der Waals surface area contributed by atoms with Crippen molar-refractivity contribution in [3.8, 4) is 11.8 Å². The molecule has 0 atom stereocenters. The number of rotatable bonds is 7. The van der Waals surface area contributed by atoms with Gasteiger partial charge in [-0.15, -0.1) is 0 Å². The third kappa shape index (κ3) is 6.95. The van der Waals surface area contributed by atoms with E-state index in [9.17, 15) is 14.9 Å². The van der Waals surface area contributed by atoms with Crippen LogP contribution < -0.4 is 15.4 Å². The number of hydrogen-bond acceptors (Lipinski definition) is 4. The predicted octanol–water partition coefficient (Wildman–Crippen LogP) is 6.28. The van der Waals surface area contributed by atoms with Gasteiger partial charge in [0.2, 0.25) is 0 Å². The SMILES string of the molecule is Cc1ccc(C)c(NC(=O)COc2ccc(/C=C(/C#N)C(=O)Nc3cccc(Cl)c3)cc2Br)c1. The molecule has 0 saturated carbocycles. The van der Waals surface area contributed by atoms with E-state index in [0.717, 1.165) is 16.8 Å². The molecular weight excluding hydrogens is 518 g/mol. The van der Waals surface area contributed by atoms with Crippen molar-refractivity contribution in [2.75, 3.05) is 17.2 Å². The molecule has 0 aliphatic rings. The Morgan fingerprint density at radius 1 is 1.09 bits per heavy atom. The van der Waals surface area contributed by atoms with E-state index in [1.165, 1.54) is 6.08 Å². The molecule has 0 fully saturated rings. The molecule has 3 aromatic rings. The lowest BCUT2D eigenvalue weighted by Crippen LogP contribution is -2.20. The summed E-state index contributed by atoms with van der Waals surface area (Å²) < 4.78 is 6.21. The average Bonchev–Trinajstić information content (AvgIpc) is 2.79. The van der Waals surface area contributed by atoms with E-state index in [2.05, 4.69) is 26.6 Å². The second kappa shape index (κ2) is 11.5. The Hall–Kier alpha value is -3.60. The number of halogens is 2. The second-order valence-electron chi connectivity index (χ2n) is 7.48. The molecule has 0 heterocycles. The van der Waals surface area contributed by atoms with E-state index >= 15 is 0 Å². The monoisotopic (exact) mass is 537 g/mol. The first-order valence-corrected chi connectivity index (χ1v) is 11.4. The van der Waals surface area contributed by atoms with Crippen molar-refractivity contribution < 1.29 is 14.3 Å². The van der Waals surface area contributed by atoms with Crippen molar-refractivity contribution in [1.29, 1.82) is 5.26 Å². The molecule has 3 rings (SSSR count). The van der Waals surface area contributed by atoms with Gasteiger partial charge in [0, 0.05) is 16.4 Å². The number of benzene rings is 3. The number of nitrogens with zero attached hydrogens (tertiary/aromatic N) is 1. The van der Waals surface area contributed by atoms with Crippen LogP contribution in [0, 0.1) is 25.2 Å². The van der Waals surface area contributed by atoms with Crippen LogP contribution in [-0.2, 0) is 9.59 Å². The van der Waals surface area contributed by atoms with Gasteiger partial charge in [0.1, 0.15) is 17.4 Å². The zero-order chi connectivity index (χ0) is 24.7. The first-order chi connectivity index (χ1) is 16.2. The van der Waals surface area contributed by atoms with Crippen molar-refractivity contribution in [2.24, 2.45) is 0 Å². The van der Waals surface area contributed by atoms with Gasteiger partial charge in [-0.05, 0) is 88.9 Å². The van der Waals surface area contributed by atoms with Crippen LogP contribution in [0.25, 0.3) is 6.08 Å². The molecule has 34 heavy (non-hydrogen) atoms. The first kappa shape index (κ1) is 25.0. The van der Waals surface area contributed by atoms with Crippen molar-refractivity contribution in [2.45, 2.75) is 13.8 Å². The highest BCUT2D eigenvalue weighted by atomic mass is 79.9. The normalized spacial score (nSPS) is 10.9. The van der Waals surface area contributed by atoms with E-state index < -0.39 is 5.91 Å². The largest absolute Gasteiger partial charge is 0.483 e. The third-order valence-electron chi connectivity index (χ3n) is 4.74. The highest BCUT2D eigenvalue weighted by Crippen LogP contribution is 2.27.